The molecule has 0 N–H and O–H groups in total. The first-order valence-corrected chi connectivity index (χ1v) is 8.48. The molecule has 3 aromatic rings. The summed E-state index contributed by atoms with van der Waals surface area (Å²) in [5.41, 5.74) is 4.84. The minimum atomic E-state index is -0.765. The summed E-state index contributed by atoms with van der Waals surface area (Å²) >= 11 is 1.59. The van der Waals surface area contributed by atoms with E-state index in [4.69, 9.17) is 0 Å². The molecule has 0 fully saturated rings. The Balaban J connectivity index is 1.84. The normalized spacial score (nSPS) is 13.1. The standard InChI is InChI=1S/C20H14F2S/c21-18-10-9-14-11-15-7-4-8-16(13-5-2-1-3-6-13)20(15)23-12-17(14)19(18)22/h1-10H,11-12H2. The summed E-state index contributed by atoms with van der Waals surface area (Å²) in [7, 11) is 0. The van der Waals surface area contributed by atoms with Crippen molar-refractivity contribution in [1.29, 1.82) is 0 Å². The monoisotopic (exact) mass is 324 g/mol. The van der Waals surface area contributed by atoms with E-state index in [9.17, 15) is 8.78 Å². The molecule has 0 nitrogen and oxygen atoms in total. The van der Waals surface area contributed by atoms with Gasteiger partial charge in [0.15, 0.2) is 11.6 Å². The maximum atomic E-state index is 14.1. The minimum absolute atomic E-state index is 0.454. The second kappa shape index (κ2) is 5.82. The van der Waals surface area contributed by atoms with Crippen LogP contribution in [-0.2, 0) is 12.2 Å². The molecule has 0 spiro atoms. The summed E-state index contributed by atoms with van der Waals surface area (Å²) in [5, 5.41) is 0. The fourth-order valence-electron chi connectivity index (χ4n) is 3.04. The average molecular weight is 324 g/mol. The van der Waals surface area contributed by atoms with Gasteiger partial charge >= 0.3 is 0 Å². The summed E-state index contributed by atoms with van der Waals surface area (Å²) in [5.74, 6) is -1.02. The van der Waals surface area contributed by atoms with Crippen molar-refractivity contribution in [2.24, 2.45) is 0 Å². The van der Waals surface area contributed by atoms with Gasteiger partial charge < -0.3 is 0 Å². The van der Waals surface area contributed by atoms with Crippen LogP contribution in [0.15, 0.2) is 65.6 Å². The Kier molecular flexibility index (Phi) is 3.66. The molecule has 0 amide bonds. The van der Waals surface area contributed by atoms with Crippen LogP contribution < -0.4 is 0 Å². The van der Waals surface area contributed by atoms with Gasteiger partial charge in [0.05, 0.1) is 0 Å². The van der Waals surface area contributed by atoms with Crippen LogP contribution in [0.4, 0.5) is 8.78 Å². The smallest absolute Gasteiger partial charge is 0.163 e. The van der Waals surface area contributed by atoms with Gasteiger partial charge in [0.25, 0.3) is 0 Å². The third-order valence-corrected chi connectivity index (χ3v) is 5.42. The van der Waals surface area contributed by atoms with Gasteiger partial charge in [-0.25, -0.2) is 8.78 Å². The predicted molar refractivity (Wildman–Crippen MR) is 90.6 cm³/mol. The van der Waals surface area contributed by atoms with Crippen LogP contribution in [0.25, 0.3) is 11.1 Å². The van der Waals surface area contributed by atoms with Crippen molar-refractivity contribution in [2.45, 2.75) is 17.1 Å². The maximum absolute atomic E-state index is 14.1. The summed E-state index contributed by atoms with van der Waals surface area (Å²) in [6, 6.07) is 19.3. The van der Waals surface area contributed by atoms with E-state index in [1.165, 1.54) is 11.6 Å². The van der Waals surface area contributed by atoms with Crippen LogP contribution in [0.5, 0.6) is 0 Å². The van der Waals surface area contributed by atoms with Gasteiger partial charge in [-0.3, -0.25) is 0 Å². The second-order valence-electron chi connectivity index (χ2n) is 5.62. The van der Waals surface area contributed by atoms with Crippen molar-refractivity contribution < 1.29 is 8.78 Å². The first-order chi connectivity index (χ1) is 11.2. The van der Waals surface area contributed by atoms with Gasteiger partial charge in [0, 0.05) is 16.2 Å². The van der Waals surface area contributed by atoms with E-state index < -0.39 is 11.6 Å². The number of hydrogen-bond donors (Lipinski definition) is 0. The molecular formula is C20H14F2S. The Morgan fingerprint density at radius 2 is 1.61 bits per heavy atom. The van der Waals surface area contributed by atoms with Crippen LogP contribution in [0, 0.1) is 11.6 Å². The van der Waals surface area contributed by atoms with Gasteiger partial charge in [-0.15, -0.1) is 11.8 Å². The summed E-state index contributed by atoms with van der Waals surface area (Å²) in [4.78, 5) is 1.16. The quantitative estimate of drug-likeness (QED) is 0.543. The molecule has 3 heteroatoms. The van der Waals surface area contributed by atoms with Crippen molar-refractivity contribution in [3.8, 4) is 11.1 Å². The molecule has 0 unspecified atom stereocenters. The highest BCUT2D eigenvalue weighted by Gasteiger charge is 2.21. The van der Waals surface area contributed by atoms with Gasteiger partial charge in [-0.1, -0.05) is 54.6 Å². The molecule has 1 heterocycles. The number of hydrogen-bond acceptors (Lipinski definition) is 1. The maximum Gasteiger partial charge on any atom is 0.163 e. The van der Waals surface area contributed by atoms with Gasteiger partial charge in [-0.2, -0.15) is 0 Å². The van der Waals surface area contributed by atoms with Gasteiger partial charge in [-0.05, 0) is 34.7 Å². The largest absolute Gasteiger partial charge is 0.204 e. The van der Waals surface area contributed by atoms with Crippen molar-refractivity contribution in [1.82, 2.24) is 0 Å². The van der Waals surface area contributed by atoms with E-state index in [1.54, 1.807) is 17.8 Å². The molecule has 4 rings (SSSR count). The molecular weight excluding hydrogens is 310 g/mol. The molecule has 1 aliphatic rings. The van der Waals surface area contributed by atoms with E-state index in [-0.39, 0.29) is 0 Å². The number of fused-ring (bicyclic) bond motifs is 2. The zero-order chi connectivity index (χ0) is 15.8. The zero-order valence-electron chi connectivity index (χ0n) is 12.4. The van der Waals surface area contributed by atoms with Crippen molar-refractivity contribution >= 4 is 11.8 Å². The van der Waals surface area contributed by atoms with E-state index in [2.05, 4.69) is 24.3 Å². The molecule has 0 bridgehead atoms. The first-order valence-electron chi connectivity index (χ1n) is 7.50. The predicted octanol–water partition coefficient (Wildman–Crippen LogP) is 5.83. The lowest BCUT2D eigenvalue weighted by atomic mass is 9.97. The lowest BCUT2D eigenvalue weighted by Gasteiger charge is -2.12. The topological polar surface area (TPSA) is 0 Å². The van der Waals surface area contributed by atoms with Crippen molar-refractivity contribution in [2.75, 3.05) is 0 Å². The average Bonchev–Trinajstić information content (AvgIpc) is 2.78. The first kappa shape index (κ1) is 14.5. The molecule has 3 aromatic carbocycles. The Hall–Kier alpha value is -2.13. The fourth-order valence-corrected chi connectivity index (χ4v) is 4.31. The summed E-state index contributed by atoms with van der Waals surface area (Å²) in [6.07, 6.45) is 0.634. The summed E-state index contributed by atoms with van der Waals surface area (Å²) in [6.45, 7) is 0. The van der Waals surface area contributed by atoms with E-state index >= 15 is 0 Å². The van der Waals surface area contributed by atoms with E-state index in [0.717, 1.165) is 21.6 Å². The molecule has 114 valence electrons. The second-order valence-corrected chi connectivity index (χ2v) is 6.61. The van der Waals surface area contributed by atoms with Crippen LogP contribution in [0.1, 0.15) is 16.7 Å². The molecule has 0 radical (unpaired) electrons. The van der Waals surface area contributed by atoms with Crippen molar-refractivity contribution in [3.05, 3.63) is 89.0 Å². The molecule has 0 saturated heterocycles. The number of benzene rings is 3. The molecule has 23 heavy (non-hydrogen) atoms. The highest BCUT2D eigenvalue weighted by molar-refractivity contribution is 7.98. The van der Waals surface area contributed by atoms with Crippen LogP contribution in [-0.4, -0.2) is 0 Å². The minimum Gasteiger partial charge on any atom is -0.204 e. The molecule has 0 atom stereocenters. The fraction of sp³-hybridized carbons (Fsp3) is 0.100. The third-order valence-electron chi connectivity index (χ3n) is 4.22. The SMILES string of the molecule is Fc1ccc2c(c1F)CSc1c(cccc1-c1ccccc1)C2. The van der Waals surface area contributed by atoms with E-state index in [0.29, 0.717) is 17.7 Å². The molecule has 0 saturated carbocycles. The Morgan fingerprint density at radius 3 is 2.43 bits per heavy atom. The lowest BCUT2D eigenvalue weighted by Crippen LogP contribution is -1.98. The van der Waals surface area contributed by atoms with Gasteiger partial charge in [0.1, 0.15) is 0 Å². The number of halogens is 2. The Labute approximate surface area is 138 Å². The number of thioether (sulfide) groups is 1. The molecule has 1 aliphatic heterocycles. The highest BCUT2D eigenvalue weighted by atomic mass is 32.2. The molecule has 0 aliphatic carbocycles. The molecule has 0 aromatic heterocycles. The van der Waals surface area contributed by atoms with Crippen molar-refractivity contribution in [3.63, 3.8) is 0 Å². The van der Waals surface area contributed by atoms with Crippen LogP contribution in [0.2, 0.25) is 0 Å². The third kappa shape index (κ3) is 2.55. The van der Waals surface area contributed by atoms with Gasteiger partial charge in [0.2, 0.25) is 0 Å². The lowest BCUT2D eigenvalue weighted by molar-refractivity contribution is 0.501. The van der Waals surface area contributed by atoms with Crippen LogP contribution >= 0.6 is 11.8 Å². The van der Waals surface area contributed by atoms with E-state index in [1.807, 2.05) is 24.3 Å². The zero-order valence-corrected chi connectivity index (χ0v) is 13.2. The number of rotatable bonds is 1. The summed E-state index contributed by atoms with van der Waals surface area (Å²) < 4.78 is 27.7. The van der Waals surface area contributed by atoms with Crippen LogP contribution in [0.3, 0.4) is 0 Å². The Bertz CT molecular complexity index is 872. The highest BCUT2D eigenvalue weighted by Crippen LogP contribution is 2.40. The Morgan fingerprint density at radius 1 is 0.783 bits per heavy atom.